The highest BCUT2D eigenvalue weighted by molar-refractivity contribution is 9.10. The van der Waals surface area contributed by atoms with Crippen molar-refractivity contribution in [3.05, 3.63) is 28.5 Å². The predicted molar refractivity (Wildman–Crippen MR) is 74.8 cm³/mol. The van der Waals surface area contributed by atoms with Crippen molar-refractivity contribution < 1.29 is 0 Å². The fourth-order valence-electron chi connectivity index (χ4n) is 2.63. The van der Waals surface area contributed by atoms with Gasteiger partial charge in [-0.2, -0.15) is 0 Å². The van der Waals surface area contributed by atoms with Crippen molar-refractivity contribution in [1.29, 1.82) is 0 Å². The summed E-state index contributed by atoms with van der Waals surface area (Å²) in [6.45, 7) is 4.40. The number of nitrogens with one attached hydrogen (secondary N) is 1. The normalized spacial score (nSPS) is 24.8. The molecule has 2 rings (SSSR count). The summed E-state index contributed by atoms with van der Waals surface area (Å²) in [6, 6.07) is 6.08. The zero-order valence-corrected chi connectivity index (χ0v) is 12.0. The molecular weight excluding hydrogens is 276 g/mol. The molecular formula is C14H21BrN2. The molecule has 17 heavy (non-hydrogen) atoms. The van der Waals surface area contributed by atoms with Crippen LogP contribution in [0.15, 0.2) is 22.8 Å². The van der Waals surface area contributed by atoms with E-state index in [0.717, 1.165) is 35.2 Å². The lowest BCUT2D eigenvalue weighted by molar-refractivity contribution is 0.247. The molecule has 2 unspecified atom stereocenters. The molecule has 0 spiro atoms. The third-order valence-corrected chi connectivity index (χ3v) is 4.22. The topological polar surface area (TPSA) is 24.9 Å². The van der Waals surface area contributed by atoms with Gasteiger partial charge in [0.15, 0.2) is 0 Å². The van der Waals surface area contributed by atoms with Crippen molar-refractivity contribution in [2.24, 2.45) is 11.8 Å². The van der Waals surface area contributed by atoms with Gasteiger partial charge in [-0.25, -0.2) is 4.98 Å². The Morgan fingerprint density at radius 2 is 2.18 bits per heavy atom. The van der Waals surface area contributed by atoms with Gasteiger partial charge in [-0.1, -0.05) is 32.3 Å². The van der Waals surface area contributed by atoms with Crippen LogP contribution in [0.5, 0.6) is 0 Å². The Bertz CT molecular complexity index is 354. The van der Waals surface area contributed by atoms with Gasteiger partial charge in [0.05, 0.1) is 5.69 Å². The maximum atomic E-state index is 4.43. The van der Waals surface area contributed by atoms with Gasteiger partial charge in [-0.15, -0.1) is 0 Å². The number of hydrogen-bond donors (Lipinski definition) is 1. The van der Waals surface area contributed by atoms with E-state index < -0.39 is 0 Å². The first-order valence-electron chi connectivity index (χ1n) is 6.58. The molecule has 0 radical (unpaired) electrons. The lowest BCUT2D eigenvalue weighted by atomic mass is 9.80. The van der Waals surface area contributed by atoms with Crippen molar-refractivity contribution in [1.82, 2.24) is 10.3 Å². The van der Waals surface area contributed by atoms with E-state index in [9.17, 15) is 0 Å². The van der Waals surface area contributed by atoms with Crippen LogP contribution >= 0.6 is 15.9 Å². The van der Waals surface area contributed by atoms with Gasteiger partial charge in [0.2, 0.25) is 0 Å². The molecule has 0 aliphatic heterocycles. The van der Waals surface area contributed by atoms with Crippen molar-refractivity contribution >= 4 is 15.9 Å². The minimum atomic E-state index is 0.857. The molecule has 0 saturated heterocycles. The summed E-state index contributed by atoms with van der Waals surface area (Å²) in [5, 5.41) is 3.55. The zero-order valence-electron chi connectivity index (χ0n) is 10.5. The van der Waals surface area contributed by atoms with E-state index in [2.05, 4.69) is 39.2 Å². The molecule has 1 N–H and O–H groups in total. The van der Waals surface area contributed by atoms with E-state index >= 15 is 0 Å². The summed E-state index contributed by atoms with van der Waals surface area (Å²) in [4.78, 5) is 4.43. The molecule has 1 heterocycles. The molecule has 94 valence electrons. The fourth-order valence-corrected chi connectivity index (χ4v) is 3.01. The second-order valence-electron chi connectivity index (χ2n) is 5.10. The van der Waals surface area contributed by atoms with Crippen LogP contribution in [0.2, 0.25) is 0 Å². The van der Waals surface area contributed by atoms with Gasteiger partial charge < -0.3 is 5.32 Å². The van der Waals surface area contributed by atoms with Gasteiger partial charge in [0.25, 0.3) is 0 Å². The number of pyridine rings is 1. The smallest absolute Gasteiger partial charge is 0.106 e. The maximum absolute atomic E-state index is 4.43. The van der Waals surface area contributed by atoms with Crippen LogP contribution in [0.3, 0.4) is 0 Å². The minimum Gasteiger partial charge on any atom is -0.311 e. The van der Waals surface area contributed by atoms with E-state index in [-0.39, 0.29) is 0 Å². The van der Waals surface area contributed by atoms with E-state index in [1.54, 1.807) is 0 Å². The van der Waals surface area contributed by atoms with Crippen molar-refractivity contribution in [3.8, 4) is 0 Å². The number of aromatic nitrogens is 1. The third kappa shape index (κ3) is 4.07. The number of rotatable bonds is 4. The van der Waals surface area contributed by atoms with Crippen LogP contribution in [0.25, 0.3) is 0 Å². The summed E-state index contributed by atoms with van der Waals surface area (Å²) < 4.78 is 0.919. The summed E-state index contributed by atoms with van der Waals surface area (Å²) in [7, 11) is 0. The van der Waals surface area contributed by atoms with Crippen LogP contribution in [-0.4, -0.2) is 11.5 Å². The van der Waals surface area contributed by atoms with Crippen LogP contribution < -0.4 is 5.32 Å². The highest BCUT2D eigenvalue weighted by atomic mass is 79.9. The molecule has 0 aromatic carbocycles. The first kappa shape index (κ1) is 13.0. The van der Waals surface area contributed by atoms with Crippen molar-refractivity contribution in [3.63, 3.8) is 0 Å². The van der Waals surface area contributed by atoms with Gasteiger partial charge in [-0.3, -0.25) is 0 Å². The average Bonchev–Trinajstić information content (AvgIpc) is 2.32. The maximum Gasteiger partial charge on any atom is 0.106 e. The number of nitrogens with zero attached hydrogens (tertiary/aromatic N) is 1. The summed E-state index contributed by atoms with van der Waals surface area (Å²) in [5.41, 5.74) is 1.11. The van der Waals surface area contributed by atoms with E-state index in [4.69, 9.17) is 0 Å². The lowest BCUT2D eigenvalue weighted by Gasteiger charge is -2.28. The zero-order chi connectivity index (χ0) is 12.1. The van der Waals surface area contributed by atoms with Crippen LogP contribution in [0, 0.1) is 11.8 Å². The summed E-state index contributed by atoms with van der Waals surface area (Å²) in [6.07, 6.45) is 5.62. The van der Waals surface area contributed by atoms with Crippen LogP contribution in [0.1, 0.15) is 38.3 Å². The van der Waals surface area contributed by atoms with Crippen molar-refractivity contribution in [2.75, 3.05) is 6.54 Å². The quantitative estimate of drug-likeness (QED) is 0.856. The van der Waals surface area contributed by atoms with E-state index in [1.165, 1.54) is 25.7 Å². The van der Waals surface area contributed by atoms with Gasteiger partial charge in [0, 0.05) is 6.54 Å². The summed E-state index contributed by atoms with van der Waals surface area (Å²) >= 11 is 3.40. The molecule has 2 atom stereocenters. The largest absolute Gasteiger partial charge is 0.311 e. The third-order valence-electron chi connectivity index (χ3n) is 3.77. The molecule has 1 saturated carbocycles. The Morgan fingerprint density at radius 1 is 1.35 bits per heavy atom. The molecule has 1 aliphatic carbocycles. The first-order valence-corrected chi connectivity index (χ1v) is 7.37. The number of halogens is 1. The molecule has 2 nitrogen and oxygen atoms in total. The van der Waals surface area contributed by atoms with E-state index in [1.807, 2.05) is 12.1 Å². The lowest BCUT2D eigenvalue weighted by Crippen LogP contribution is -2.29. The van der Waals surface area contributed by atoms with Crippen LogP contribution in [0.4, 0.5) is 0 Å². The van der Waals surface area contributed by atoms with Gasteiger partial charge in [0.1, 0.15) is 4.60 Å². The van der Waals surface area contributed by atoms with Gasteiger partial charge >= 0.3 is 0 Å². The molecule has 3 heteroatoms. The molecule has 1 aliphatic rings. The molecule has 0 amide bonds. The Balaban J connectivity index is 1.75. The SMILES string of the molecule is CC1CCCCC1CNCc1cccc(Br)n1. The monoisotopic (exact) mass is 296 g/mol. The standard InChI is InChI=1S/C14H21BrN2/c1-11-5-2-3-6-12(11)9-16-10-13-7-4-8-14(15)17-13/h4,7-8,11-12,16H,2-3,5-6,9-10H2,1H3. The fraction of sp³-hybridized carbons (Fsp3) is 0.643. The summed E-state index contributed by atoms with van der Waals surface area (Å²) in [5.74, 6) is 1.74. The Morgan fingerprint density at radius 3 is 2.94 bits per heavy atom. The van der Waals surface area contributed by atoms with Gasteiger partial charge in [-0.05, 0) is 52.9 Å². The molecule has 1 aromatic heterocycles. The van der Waals surface area contributed by atoms with Crippen molar-refractivity contribution in [2.45, 2.75) is 39.2 Å². The first-order chi connectivity index (χ1) is 8.25. The molecule has 1 aromatic rings. The highest BCUT2D eigenvalue weighted by Gasteiger charge is 2.20. The molecule has 0 bridgehead atoms. The Hall–Kier alpha value is -0.410. The Kier molecular flexibility index (Phi) is 4.99. The average molecular weight is 297 g/mol. The second-order valence-corrected chi connectivity index (χ2v) is 5.92. The minimum absolute atomic E-state index is 0.857. The predicted octanol–water partition coefficient (Wildman–Crippen LogP) is 3.76. The highest BCUT2D eigenvalue weighted by Crippen LogP contribution is 2.28. The Labute approximate surface area is 112 Å². The second kappa shape index (κ2) is 6.50. The molecule has 1 fully saturated rings. The van der Waals surface area contributed by atoms with Crippen LogP contribution in [-0.2, 0) is 6.54 Å². The van der Waals surface area contributed by atoms with E-state index in [0.29, 0.717) is 0 Å². The number of hydrogen-bond acceptors (Lipinski definition) is 2.